The van der Waals surface area contributed by atoms with E-state index in [9.17, 15) is 0 Å². The van der Waals surface area contributed by atoms with Crippen LogP contribution in [-0.2, 0) is 0 Å². The van der Waals surface area contributed by atoms with E-state index in [1.807, 2.05) is 11.8 Å². The number of para-hydroxylation sites is 1. The van der Waals surface area contributed by atoms with Gasteiger partial charge in [0.25, 0.3) is 0 Å². The predicted octanol–water partition coefficient (Wildman–Crippen LogP) is 2.25. The molecule has 15 heavy (non-hydrogen) atoms. The van der Waals surface area contributed by atoms with Crippen LogP contribution in [0.4, 0.5) is 5.69 Å². The number of hydrogen-bond acceptors (Lipinski definition) is 3. The van der Waals surface area contributed by atoms with Gasteiger partial charge in [-0.2, -0.15) is 0 Å². The molecule has 0 saturated carbocycles. The van der Waals surface area contributed by atoms with Crippen molar-refractivity contribution in [3.63, 3.8) is 0 Å². The van der Waals surface area contributed by atoms with Crippen molar-refractivity contribution in [3.05, 3.63) is 23.8 Å². The molecule has 3 heteroatoms. The first-order valence-electron chi connectivity index (χ1n) is 5.43. The summed E-state index contributed by atoms with van der Waals surface area (Å²) in [6, 6.07) is 6.53. The predicted molar refractivity (Wildman–Crippen MR) is 67.8 cm³/mol. The molecule has 2 rings (SSSR count). The van der Waals surface area contributed by atoms with Gasteiger partial charge in [0.15, 0.2) is 0 Å². The van der Waals surface area contributed by atoms with Gasteiger partial charge in [-0.1, -0.05) is 19.1 Å². The monoisotopic (exact) mass is 222 g/mol. The molecule has 0 spiro atoms. The van der Waals surface area contributed by atoms with Crippen LogP contribution < -0.4 is 10.6 Å². The molecule has 0 aromatic heterocycles. The van der Waals surface area contributed by atoms with Crippen LogP contribution in [0.15, 0.2) is 23.1 Å². The summed E-state index contributed by atoms with van der Waals surface area (Å²) in [7, 11) is 0. The summed E-state index contributed by atoms with van der Waals surface area (Å²) in [5.41, 5.74) is 8.42. The van der Waals surface area contributed by atoms with E-state index in [0.29, 0.717) is 5.25 Å². The second-order valence-corrected chi connectivity index (χ2v) is 5.57. The number of anilines is 1. The third kappa shape index (κ3) is 2.13. The van der Waals surface area contributed by atoms with Crippen LogP contribution in [0.3, 0.4) is 0 Å². The van der Waals surface area contributed by atoms with E-state index >= 15 is 0 Å². The fourth-order valence-corrected chi connectivity index (χ4v) is 3.39. The van der Waals surface area contributed by atoms with Crippen LogP contribution in [0.1, 0.15) is 12.5 Å². The lowest BCUT2D eigenvalue weighted by atomic mass is 10.1. The van der Waals surface area contributed by atoms with E-state index in [2.05, 4.69) is 36.9 Å². The number of nitrogens with two attached hydrogens (primary N) is 1. The Bertz CT molecular complexity index is 351. The maximum Gasteiger partial charge on any atom is 0.0535 e. The number of benzene rings is 1. The zero-order chi connectivity index (χ0) is 10.8. The number of nitrogens with zero attached hydrogens (tertiary/aromatic N) is 1. The van der Waals surface area contributed by atoms with Crippen LogP contribution in [0.2, 0.25) is 0 Å². The van der Waals surface area contributed by atoms with Crippen LogP contribution in [0.5, 0.6) is 0 Å². The fraction of sp³-hybridized carbons (Fsp3) is 0.500. The van der Waals surface area contributed by atoms with E-state index in [1.165, 1.54) is 16.1 Å². The largest absolute Gasteiger partial charge is 0.368 e. The third-order valence-electron chi connectivity index (χ3n) is 2.72. The molecule has 0 bridgehead atoms. The number of aryl methyl sites for hydroxylation is 1. The van der Waals surface area contributed by atoms with Gasteiger partial charge in [0, 0.05) is 29.8 Å². The average molecular weight is 222 g/mol. The first kappa shape index (κ1) is 10.8. The van der Waals surface area contributed by atoms with Gasteiger partial charge in [0.05, 0.1) is 5.69 Å². The molecule has 1 atom stereocenters. The van der Waals surface area contributed by atoms with Crippen molar-refractivity contribution in [1.29, 1.82) is 0 Å². The Morgan fingerprint density at radius 3 is 3.07 bits per heavy atom. The van der Waals surface area contributed by atoms with Crippen LogP contribution in [0, 0.1) is 6.92 Å². The second-order valence-electron chi connectivity index (χ2n) is 4.08. The quantitative estimate of drug-likeness (QED) is 0.832. The molecule has 2 N–H and O–H groups in total. The van der Waals surface area contributed by atoms with Gasteiger partial charge in [-0.15, -0.1) is 11.8 Å². The highest BCUT2D eigenvalue weighted by Gasteiger charge is 2.22. The second kappa shape index (κ2) is 4.45. The van der Waals surface area contributed by atoms with Crippen molar-refractivity contribution in [2.75, 3.05) is 24.5 Å². The number of thioether (sulfide) groups is 1. The SMILES string of the molecule is Cc1cccc2c1N(CCN)CC(C)S2. The van der Waals surface area contributed by atoms with Crippen molar-refractivity contribution in [2.24, 2.45) is 5.73 Å². The Morgan fingerprint density at radius 1 is 1.53 bits per heavy atom. The summed E-state index contributed by atoms with van der Waals surface area (Å²) >= 11 is 1.97. The smallest absolute Gasteiger partial charge is 0.0535 e. The zero-order valence-corrected chi connectivity index (χ0v) is 10.2. The lowest BCUT2D eigenvalue weighted by molar-refractivity contribution is 0.750. The van der Waals surface area contributed by atoms with E-state index < -0.39 is 0 Å². The first-order valence-corrected chi connectivity index (χ1v) is 6.31. The molecule has 0 amide bonds. The molecule has 0 aliphatic carbocycles. The van der Waals surface area contributed by atoms with Crippen molar-refractivity contribution in [1.82, 2.24) is 0 Å². The van der Waals surface area contributed by atoms with E-state index in [4.69, 9.17) is 5.73 Å². The summed E-state index contributed by atoms with van der Waals surface area (Å²) in [5, 5.41) is 0.658. The van der Waals surface area contributed by atoms with Crippen LogP contribution in [-0.4, -0.2) is 24.9 Å². The summed E-state index contributed by atoms with van der Waals surface area (Å²) < 4.78 is 0. The van der Waals surface area contributed by atoms with Gasteiger partial charge in [0.2, 0.25) is 0 Å². The van der Waals surface area contributed by atoms with Gasteiger partial charge in [-0.25, -0.2) is 0 Å². The molecular formula is C12H18N2S. The summed E-state index contributed by atoms with van der Waals surface area (Å²) in [6.45, 7) is 7.26. The molecule has 1 heterocycles. The Labute approximate surface area is 95.8 Å². The minimum Gasteiger partial charge on any atom is -0.368 e. The summed E-state index contributed by atoms with van der Waals surface area (Å²) in [5.74, 6) is 0. The lowest BCUT2D eigenvalue weighted by Crippen LogP contribution is -2.37. The molecule has 1 aromatic carbocycles. The van der Waals surface area contributed by atoms with Gasteiger partial charge in [-0.3, -0.25) is 0 Å². The topological polar surface area (TPSA) is 29.3 Å². The number of rotatable bonds is 2. The van der Waals surface area contributed by atoms with Gasteiger partial charge >= 0.3 is 0 Å². The average Bonchev–Trinajstić information content (AvgIpc) is 2.17. The van der Waals surface area contributed by atoms with Crippen LogP contribution >= 0.6 is 11.8 Å². The first-order chi connectivity index (χ1) is 7.22. The molecule has 82 valence electrons. The molecule has 1 unspecified atom stereocenters. The Balaban J connectivity index is 2.38. The Morgan fingerprint density at radius 2 is 2.33 bits per heavy atom. The van der Waals surface area contributed by atoms with Crippen molar-refractivity contribution >= 4 is 17.4 Å². The lowest BCUT2D eigenvalue weighted by Gasteiger charge is -2.35. The Kier molecular flexibility index (Phi) is 3.22. The summed E-state index contributed by atoms with van der Waals surface area (Å²) in [6.07, 6.45) is 0. The van der Waals surface area contributed by atoms with E-state index in [0.717, 1.165) is 19.6 Å². The van der Waals surface area contributed by atoms with Crippen molar-refractivity contribution in [2.45, 2.75) is 24.0 Å². The minimum atomic E-state index is 0.658. The standard InChI is InChI=1S/C12H18N2S/c1-9-4-3-5-11-12(9)14(7-6-13)8-10(2)15-11/h3-5,10H,6-8,13H2,1-2H3. The third-order valence-corrected chi connectivity index (χ3v) is 3.86. The minimum absolute atomic E-state index is 0.658. The van der Waals surface area contributed by atoms with Gasteiger partial charge < -0.3 is 10.6 Å². The summed E-state index contributed by atoms with van der Waals surface area (Å²) in [4.78, 5) is 3.83. The van der Waals surface area contributed by atoms with Gasteiger partial charge in [0.1, 0.15) is 0 Å². The maximum atomic E-state index is 5.66. The molecule has 1 aliphatic rings. The highest BCUT2D eigenvalue weighted by atomic mass is 32.2. The van der Waals surface area contributed by atoms with Crippen molar-refractivity contribution < 1.29 is 0 Å². The number of fused-ring (bicyclic) bond motifs is 1. The van der Waals surface area contributed by atoms with Crippen molar-refractivity contribution in [3.8, 4) is 0 Å². The molecule has 1 aromatic rings. The molecular weight excluding hydrogens is 204 g/mol. The molecule has 0 radical (unpaired) electrons. The Hall–Kier alpha value is -0.670. The molecule has 2 nitrogen and oxygen atoms in total. The van der Waals surface area contributed by atoms with Crippen LogP contribution in [0.25, 0.3) is 0 Å². The molecule has 0 fully saturated rings. The van der Waals surface area contributed by atoms with E-state index in [-0.39, 0.29) is 0 Å². The maximum absolute atomic E-state index is 5.66. The van der Waals surface area contributed by atoms with Gasteiger partial charge in [-0.05, 0) is 18.6 Å². The fourth-order valence-electron chi connectivity index (χ4n) is 2.15. The zero-order valence-electron chi connectivity index (χ0n) is 9.36. The normalized spacial score (nSPS) is 20.2. The highest BCUT2D eigenvalue weighted by molar-refractivity contribution is 8.00. The molecule has 1 aliphatic heterocycles. The molecule has 0 saturated heterocycles. The highest BCUT2D eigenvalue weighted by Crippen LogP contribution is 2.39. The number of hydrogen-bond donors (Lipinski definition) is 1. The van der Waals surface area contributed by atoms with E-state index in [1.54, 1.807) is 0 Å².